The molecule has 1 fully saturated rings. The molecule has 23 heavy (non-hydrogen) atoms. The van der Waals surface area contributed by atoms with Gasteiger partial charge < -0.3 is 11.1 Å². The number of carbonyl (C=O) groups excluding carboxylic acids is 1. The van der Waals surface area contributed by atoms with Crippen molar-refractivity contribution in [1.29, 1.82) is 0 Å². The van der Waals surface area contributed by atoms with E-state index in [1.807, 2.05) is 6.92 Å². The maximum absolute atomic E-state index is 12.3. The predicted octanol–water partition coefficient (Wildman–Crippen LogP) is 2.88. The fraction of sp³-hybridized carbons (Fsp3) is 0.533. The number of nitro benzene ring substituents is 1. The highest BCUT2D eigenvalue weighted by atomic mass is 35.5. The average Bonchev–Trinajstić information content (AvgIpc) is 2.96. The van der Waals surface area contributed by atoms with Gasteiger partial charge in [-0.2, -0.15) is 0 Å². The molecule has 3 N–H and O–H groups in total. The van der Waals surface area contributed by atoms with Gasteiger partial charge in [-0.25, -0.2) is 0 Å². The number of nitrogens with zero attached hydrogens (tertiary/aromatic N) is 1. The summed E-state index contributed by atoms with van der Waals surface area (Å²) in [6.07, 6.45) is 4.07. The number of nitrogens with one attached hydrogen (secondary N) is 1. The lowest BCUT2D eigenvalue weighted by atomic mass is 9.98. The van der Waals surface area contributed by atoms with Crippen molar-refractivity contribution in [2.75, 3.05) is 6.54 Å². The second-order valence-electron chi connectivity index (χ2n) is 5.69. The Morgan fingerprint density at radius 1 is 1.39 bits per heavy atom. The number of hydrogen-bond acceptors (Lipinski definition) is 5. The minimum Gasteiger partial charge on any atom is -0.348 e. The molecular weight excluding hydrogens is 338 g/mol. The Balaban J connectivity index is 0.00000264. The quantitative estimate of drug-likeness (QED) is 0.462. The van der Waals surface area contributed by atoms with Crippen molar-refractivity contribution in [1.82, 2.24) is 5.32 Å². The van der Waals surface area contributed by atoms with E-state index in [1.165, 1.54) is 23.9 Å². The Bertz CT molecular complexity index is 547. The molecule has 1 aliphatic carbocycles. The second kappa shape index (κ2) is 8.52. The van der Waals surface area contributed by atoms with Crippen LogP contribution in [0.3, 0.4) is 0 Å². The van der Waals surface area contributed by atoms with Crippen molar-refractivity contribution >= 4 is 35.8 Å². The van der Waals surface area contributed by atoms with Gasteiger partial charge in [0.15, 0.2) is 0 Å². The van der Waals surface area contributed by atoms with Crippen LogP contribution in [0.5, 0.6) is 0 Å². The number of nitrogens with two attached hydrogens (primary N) is 1. The van der Waals surface area contributed by atoms with Crippen LogP contribution in [-0.2, 0) is 4.79 Å². The lowest BCUT2D eigenvalue weighted by Crippen LogP contribution is -2.53. The van der Waals surface area contributed by atoms with Crippen molar-refractivity contribution in [3.8, 4) is 0 Å². The summed E-state index contributed by atoms with van der Waals surface area (Å²) in [7, 11) is 0. The summed E-state index contributed by atoms with van der Waals surface area (Å²) in [4.78, 5) is 23.4. The van der Waals surface area contributed by atoms with Crippen LogP contribution in [0.1, 0.15) is 32.6 Å². The molecule has 1 amide bonds. The summed E-state index contributed by atoms with van der Waals surface area (Å²) >= 11 is 1.39. The maximum Gasteiger partial charge on any atom is 0.269 e. The first-order valence-corrected chi connectivity index (χ1v) is 8.27. The van der Waals surface area contributed by atoms with Gasteiger partial charge in [0.2, 0.25) is 5.91 Å². The largest absolute Gasteiger partial charge is 0.348 e. The van der Waals surface area contributed by atoms with E-state index in [9.17, 15) is 14.9 Å². The van der Waals surface area contributed by atoms with Crippen molar-refractivity contribution in [3.63, 3.8) is 0 Å². The molecule has 0 aromatic heterocycles. The van der Waals surface area contributed by atoms with Gasteiger partial charge in [0.25, 0.3) is 5.69 Å². The van der Waals surface area contributed by atoms with Crippen LogP contribution in [0.15, 0.2) is 29.2 Å². The van der Waals surface area contributed by atoms with Gasteiger partial charge in [0.1, 0.15) is 0 Å². The van der Waals surface area contributed by atoms with Gasteiger partial charge >= 0.3 is 0 Å². The fourth-order valence-electron chi connectivity index (χ4n) is 2.70. The molecule has 0 spiro atoms. The number of non-ortho nitro benzene ring substituents is 1. The number of rotatable bonds is 6. The molecule has 128 valence electrons. The fourth-order valence-corrected chi connectivity index (χ4v) is 3.57. The highest BCUT2D eigenvalue weighted by Crippen LogP contribution is 2.30. The monoisotopic (exact) mass is 359 g/mol. The number of nitro groups is 1. The van der Waals surface area contributed by atoms with Gasteiger partial charge in [-0.3, -0.25) is 14.9 Å². The van der Waals surface area contributed by atoms with Gasteiger partial charge in [-0.05, 0) is 31.9 Å². The normalized spacial score (nSPS) is 17.1. The van der Waals surface area contributed by atoms with Gasteiger partial charge in [-0.1, -0.05) is 12.8 Å². The second-order valence-corrected chi connectivity index (χ2v) is 7.11. The zero-order valence-electron chi connectivity index (χ0n) is 13.0. The molecule has 1 saturated carbocycles. The average molecular weight is 360 g/mol. The number of amides is 1. The third-order valence-electron chi connectivity index (χ3n) is 4.07. The maximum atomic E-state index is 12.3. The first kappa shape index (κ1) is 19.7. The molecule has 0 saturated heterocycles. The van der Waals surface area contributed by atoms with Gasteiger partial charge in [0.05, 0.1) is 15.7 Å². The molecule has 0 radical (unpaired) electrons. The van der Waals surface area contributed by atoms with E-state index >= 15 is 0 Å². The number of halogens is 1. The number of thioether (sulfide) groups is 1. The predicted molar refractivity (Wildman–Crippen MR) is 94.1 cm³/mol. The first-order valence-electron chi connectivity index (χ1n) is 7.39. The van der Waals surface area contributed by atoms with E-state index in [2.05, 4.69) is 5.32 Å². The Labute approximate surface area is 146 Å². The van der Waals surface area contributed by atoms with Crippen LogP contribution >= 0.6 is 24.2 Å². The van der Waals surface area contributed by atoms with Crippen LogP contribution < -0.4 is 11.1 Å². The SMILES string of the molecule is CC(Sc1ccc([N+](=O)[O-])cc1)C(=O)NC1(CN)CCCC1.Cl. The van der Waals surface area contributed by atoms with E-state index < -0.39 is 4.92 Å². The summed E-state index contributed by atoms with van der Waals surface area (Å²) < 4.78 is 0. The van der Waals surface area contributed by atoms with Crippen molar-refractivity contribution in [2.24, 2.45) is 5.73 Å². The molecule has 1 aliphatic rings. The molecule has 1 aromatic rings. The van der Waals surface area contributed by atoms with Crippen molar-refractivity contribution < 1.29 is 9.72 Å². The standard InChI is InChI=1S/C15H21N3O3S.ClH/c1-11(14(19)17-15(10-16)8-2-3-9-15)22-13-6-4-12(5-7-13)18(20)21;/h4-7,11H,2-3,8-10,16H2,1H3,(H,17,19);1H. The highest BCUT2D eigenvalue weighted by molar-refractivity contribution is 8.00. The zero-order chi connectivity index (χ0) is 16.2. The summed E-state index contributed by atoms with van der Waals surface area (Å²) in [6.45, 7) is 2.30. The molecule has 0 aliphatic heterocycles. The minimum atomic E-state index is -0.435. The van der Waals surface area contributed by atoms with Gasteiger partial charge in [0, 0.05) is 23.6 Å². The Morgan fingerprint density at radius 3 is 2.43 bits per heavy atom. The van der Waals surface area contributed by atoms with Crippen LogP contribution in [-0.4, -0.2) is 28.2 Å². The van der Waals surface area contributed by atoms with Crippen LogP contribution in [0.2, 0.25) is 0 Å². The molecule has 8 heteroatoms. The Hall–Kier alpha value is -1.31. The van der Waals surface area contributed by atoms with Crippen LogP contribution in [0.25, 0.3) is 0 Å². The summed E-state index contributed by atoms with van der Waals surface area (Å²) in [6, 6.07) is 6.23. The van der Waals surface area contributed by atoms with E-state index in [4.69, 9.17) is 5.73 Å². The Kier molecular flexibility index (Phi) is 7.31. The number of benzene rings is 1. The third kappa shape index (κ3) is 5.09. The Morgan fingerprint density at radius 2 is 1.96 bits per heavy atom. The molecule has 1 aromatic carbocycles. The van der Waals surface area contributed by atoms with E-state index in [1.54, 1.807) is 12.1 Å². The van der Waals surface area contributed by atoms with E-state index in [0.717, 1.165) is 30.6 Å². The third-order valence-corrected chi connectivity index (χ3v) is 5.18. The summed E-state index contributed by atoms with van der Waals surface area (Å²) in [5.41, 5.74) is 5.63. The number of hydrogen-bond donors (Lipinski definition) is 2. The van der Waals surface area contributed by atoms with E-state index in [-0.39, 0.29) is 34.8 Å². The van der Waals surface area contributed by atoms with Crippen LogP contribution in [0, 0.1) is 10.1 Å². The molecule has 6 nitrogen and oxygen atoms in total. The minimum absolute atomic E-state index is 0. The first-order chi connectivity index (χ1) is 10.5. The van der Waals surface area contributed by atoms with Crippen molar-refractivity contribution in [3.05, 3.63) is 34.4 Å². The lowest BCUT2D eigenvalue weighted by Gasteiger charge is -2.30. The topological polar surface area (TPSA) is 98.3 Å². The molecular formula is C15H22ClN3O3S. The number of carbonyl (C=O) groups is 1. The smallest absolute Gasteiger partial charge is 0.269 e. The van der Waals surface area contributed by atoms with Crippen LogP contribution in [0.4, 0.5) is 5.69 Å². The van der Waals surface area contributed by atoms with Gasteiger partial charge in [-0.15, -0.1) is 24.2 Å². The molecule has 1 unspecified atom stereocenters. The lowest BCUT2D eigenvalue weighted by molar-refractivity contribution is -0.384. The molecule has 0 bridgehead atoms. The summed E-state index contributed by atoms with van der Waals surface area (Å²) in [5, 5.41) is 13.5. The highest BCUT2D eigenvalue weighted by Gasteiger charge is 2.35. The van der Waals surface area contributed by atoms with E-state index in [0.29, 0.717) is 6.54 Å². The molecule has 0 heterocycles. The molecule has 1 atom stereocenters. The zero-order valence-corrected chi connectivity index (χ0v) is 14.6. The summed E-state index contributed by atoms with van der Waals surface area (Å²) in [5.74, 6) is -0.0318. The molecule has 2 rings (SSSR count). The van der Waals surface area contributed by atoms with Crippen molar-refractivity contribution in [2.45, 2.75) is 48.3 Å².